The van der Waals surface area contributed by atoms with Crippen LogP contribution in [0.4, 0.5) is 5.69 Å². The van der Waals surface area contributed by atoms with Gasteiger partial charge in [-0.1, -0.05) is 54.1 Å². The molecule has 0 aliphatic carbocycles. The third kappa shape index (κ3) is 6.10. The second kappa shape index (κ2) is 12.5. The summed E-state index contributed by atoms with van der Waals surface area (Å²) < 4.78 is 6.27. The van der Waals surface area contributed by atoms with Crippen LogP contribution >= 0.6 is 0 Å². The Kier molecular flexibility index (Phi) is 8.60. The Morgan fingerprint density at radius 2 is 1.73 bits per heavy atom. The second-order valence-corrected chi connectivity index (χ2v) is 10.7. The minimum atomic E-state index is -0.631. The van der Waals surface area contributed by atoms with Crippen molar-refractivity contribution >= 4 is 23.8 Å². The van der Waals surface area contributed by atoms with Gasteiger partial charge in [0.1, 0.15) is 6.29 Å². The van der Waals surface area contributed by atoms with Gasteiger partial charge in [0.25, 0.3) is 5.91 Å². The van der Waals surface area contributed by atoms with E-state index in [4.69, 9.17) is 4.74 Å². The number of carbonyl (C=O) groups excluding carboxylic acids is 3. The van der Waals surface area contributed by atoms with E-state index in [2.05, 4.69) is 65.7 Å². The Morgan fingerprint density at radius 1 is 1.02 bits per heavy atom. The minimum Gasteiger partial charge on any atom is -0.373 e. The highest BCUT2D eigenvalue weighted by Crippen LogP contribution is 2.34. The van der Waals surface area contributed by atoms with Crippen molar-refractivity contribution in [3.8, 4) is 11.1 Å². The molecule has 1 saturated heterocycles. The maximum atomic E-state index is 13.1. The molecule has 0 radical (unpaired) electrons. The Morgan fingerprint density at radius 3 is 2.40 bits per heavy atom. The van der Waals surface area contributed by atoms with Crippen LogP contribution in [0.2, 0.25) is 0 Å². The number of carbonyl (C=O) groups is 3. The lowest BCUT2D eigenvalue weighted by molar-refractivity contribution is -0.121. The molecule has 2 amide bonds. The molecule has 1 N–H and O–H groups in total. The monoisotopic (exact) mass is 539 g/mol. The van der Waals surface area contributed by atoms with Crippen molar-refractivity contribution in [1.29, 1.82) is 0 Å². The number of fused-ring (bicyclic) bond motifs is 1. The van der Waals surface area contributed by atoms with Gasteiger partial charge in [0.15, 0.2) is 0 Å². The van der Waals surface area contributed by atoms with E-state index >= 15 is 0 Å². The number of benzene rings is 3. The van der Waals surface area contributed by atoms with Crippen LogP contribution in [0.25, 0.3) is 11.1 Å². The van der Waals surface area contributed by atoms with Gasteiger partial charge < -0.3 is 24.6 Å². The summed E-state index contributed by atoms with van der Waals surface area (Å²) in [5.74, 6) is -0.308. The predicted octanol–water partition coefficient (Wildman–Crippen LogP) is 4.90. The van der Waals surface area contributed by atoms with Gasteiger partial charge in [-0.25, -0.2) is 0 Å². The molecule has 1 unspecified atom stereocenters. The van der Waals surface area contributed by atoms with E-state index in [0.29, 0.717) is 25.1 Å². The Labute approximate surface area is 236 Å². The lowest BCUT2D eigenvalue weighted by Gasteiger charge is -2.33. The number of nitrogens with zero attached hydrogens (tertiary/aromatic N) is 2. The Bertz CT molecular complexity index is 1350. The summed E-state index contributed by atoms with van der Waals surface area (Å²) in [6.07, 6.45) is 3.55. The summed E-state index contributed by atoms with van der Waals surface area (Å²) in [6, 6.07) is 22.1. The lowest BCUT2D eigenvalue weighted by Crippen LogP contribution is -2.37. The molecule has 1 atom stereocenters. The molecule has 40 heavy (non-hydrogen) atoms. The first-order chi connectivity index (χ1) is 19.5. The molecular formula is C33H37N3O4. The number of anilines is 1. The SMILES string of the molecule is CNC(=O)CCC(C=O)N1Cc2c(cccc2-c2ccc(COC3CCN(c4ccc(C)cc4)CC3)cc2)C1=O. The summed E-state index contributed by atoms with van der Waals surface area (Å²) in [5.41, 5.74) is 7.22. The van der Waals surface area contributed by atoms with Crippen LogP contribution in [0.15, 0.2) is 66.7 Å². The van der Waals surface area contributed by atoms with Crippen LogP contribution in [0.1, 0.15) is 52.7 Å². The zero-order valence-corrected chi connectivity index (χ0v) is 23.3. The quantitative estimate of drug-likeness (QED) is 0.371. The average molecular weight is 540 g/mol. The van der Waals surface area contributed by atoms with Crippen molar-refractivity contribution in [2.24, 2.45) is 0 Å². The molecule has 0 aromatic heterocycles. The molecule has 2 heterocycles. The first-order valence-corrected chi connectivity index (χ1v) is 14.1. The molecule has 2 aliphatic heterocycles. The van der Waals surface area contributed by atoms with Crippen molar-refractivity contribution in [2.45, 2.75) is 57.9 Å². The lowest BCUT2D eigenvalue weighted by atomic mass is 9.96. The highest BCUT2D eigenvalue weighted by Gasteiger charge is 2.34. The summed E-state index contributed by atoms with van der Waals surface area (Å²) in [4.78, 5) is 40.6. The van der Waals surface area contributed by atoms with E-state index in [1.165, 1.54) is 11.3 Å². The molecule has 7 heteroatoms. The van der Waals surface area contributed by atoms with Crippen LogP contribution in [0.5, 0.6) is 0 Å². The summed E-state index contributed by atoms with van der Waals surface area (Å²) in [5, 5.41) is 2.57. The van der Waals surface area contributed by atoms with E-state index < -0.39 is 6.04 Å². The molecule has 0 saturated carbocycles. The molecule has 208 valence electrons. The van der Waals surface area contributed by atoms with Crippen molar-refractivity contribution in [3.05, 3.63) is 89.0 Å². The number of piperidine rings is 1. The van der Waals surface area contributed by atoms with Gasteiger partial charge in [0.05, 0.1) is 18.8 Å². The fourth-order valence-corrected chi connectivity index (χ4v) is 5.62. The average Bonchev–Trinajstić information content (AvgIpc) is 3.33. The smallest absolute Gasteiger partial charge is 0.255 e. The van der Waals surface area contributed by atoms with Crippen LogP contribution < -0.4 is 10.2 Å². The maximum absolute atomic E-state index is 13.1. The van der Waals surface area contributed by atoms with E-state index in [1.54, 1.807) is 11.9 Å². The fraction of sp³-hybridized carbons (Fsp3) is 0.364. The van der Waals surface area contributed by atoms with Crippen LogP contribution in [-0.4, -0.2) is 55.3 Å². The molecular weight excluding hydrogens is 502 g/mol. The van der Waals surface area contributed by atoms with Crippen molar-refractivity contribution in [3.63, 3.8) is 0 Å². The molecule has 7 nitrogen and oxygen atoms in total. The van der Waals surface area contributed by atoms with Crippen LogP contribution in [0.3, 0.4) is 0 Å². The standard InChI is InChI=1S/C33H37N3O4/c1-23-6-12-26(13-7-23)35-18-16-28(17-19-35)40-22-24-8-10-25(11-9-24)29-4-3-5-30-31(29)20-36(33(30)39)27(21-37)14-15-32(38)34-2/h3-13,21,27-28H,14-20,22H2,1-2H3,(H,34,38). The van der Waals surface area contributed by atoms with Crippen molar-refractivity contribution in [2.75, 3.05) is 25.0 Å². The summed E-state index contributed by atoms with van der Waals surface area (Å²) in [6.45, 7) is 5.03. The van der Waals surface area contributed by atoms with Crippen LogP contribution in [-0.2, 0) is 27.5 Å². The number of aryl methyl sites for hydroxylation is 1. The Balaban J connectivity index is 1.18. The summed E-state index contributed by atoms with van der Waals surface area (Å²) >= 11 is 0. The number of rotatable bonds is 10. The van der Waals surface area contributed by atoms with Gasteiger partial charge in [-0.2, -0.15) is 0 Å². The number of hydrogen-bond acceptors (Lipinski definition) is 5. The first-order valence-electron chi connectivity index (χ1n) is 14.1. The zero-order chi connectivity index (χ0) is 28.1. The molecule has 0 spiro atoms. The van der Waals surface area contributed by atoms with E-state index in [-0.39, 0.29) is 24.3 Å². The fourth-order valence-electron chi connectivity index (χ4n) is 5.62. The molecule has 0 bridgehead atoms. The minimum absolute atomic E-state index is 0.145. The number of aldehydes is 1. The molecule has 2 aliphatic rings. The zero-order valence-electron chi connectivity index (χ0n) is 23.3. The maximum Gasteiger partial charge on any atom is 0.255 e. The second-order valence-electron chi connectivity index (χ2n) is 10.7. The third-order valence-electron chi connectivity index (χ3n) is 8.09. The van der Waals surface area contributed by atoms with E-state index in [1.807, 2.05) is 18.2 Å². The molecule has 3 aromatic rings. The summed E-state index contributed by atoms with van der Waals surface area (Å²) in [7, 11) is 1.56. The topological polar surface area (TPSA) is 79.0 Å². The Hall–Kier alpha value is -3.97. The number of hydrogen-bond donors (Lipinski definition) is 1. The first kappa shape index (κ1) is 27.6. The van der Waals surface area contributed by atoms with Crippen molar-refractivity contribution < 1.29 is 19.1 Å². The van der Waals surface area contributed by atoms with Gasteiger partial charge in [0.2, 0.25) is 5.91 Å². The number of ether oxygens (including phenoxy) is 1. The van der Waals surface area contributed by atoms with Gasteiger partial charge in [-0.15, -0.1) is 0 Å². The van der Waals surface area contributed by atoms with E-state index in [9.17, 15) is 14.4 Å². The highest BCUT2D eigenvalue weighted by molar-refractivity contribution is 6.01. The normalized spacial score (nSPS) is 16.1. The van der Waals surface area contributed by atoms with E-state index in [0.717, 1.165) is 54.5 Å². The number of amides is 2. The largest absolute Gasteiger partial charge is 0.373 e. The molecule has 3 aromatic carbocycles. The number of nitrogens with one attached hydrogen (secondary N) is 1. The van der Waals surface area contributed by atoms with Crippen molar-refractivity contribution in [1.82, 2.24) is 10.2 Å². The van der Waals surface area contributed by atoms with Gasteiger partial charge in [-0.3, -0.25) is 9.59 Å². The van der Waals surface area contributed by atoms with Gasteiger partial charge >= 0.3 is 0 Å². The molecule has 1 fully saturated rings. The van der Waals surface area contributed by atoms with Gasteiger partial charge in [0, 0.05) is 44.4 Å². The predicted molar refractivity (Wildman–Crippen MR) is 156 cm³/mol. The third-order valence-corrected chi connectivity index (χ3v) is 8.09. The van der Waals surface area contributed by atoms with Gasteiger partial charge in [-0.05, 0) is 66.6 Å². The van der Waals surface area contributed by atoms with Crippen LogP contribution in [0, 0.1) is 6.92 Å². The highest BCUT2D eigenvalue weighted by atomic mass is 16.5. The molecule has 5 rings (SSSR count).